The van der Waals surface area contributed by atoms with E-state index in [0.717, 1.165) is 0 Å². The van der Waals surface area contributed by atoms with Gasteiger partial charge in [-0.3, -0.25) is 0 Å². The summed E-state index contributed by atoms with van der Waals surface area (Å²) in [5.74, 6) is 0.482. The van der Waals surface area contributed by atoms with Crippen LogP contribution < -0.4 is 4.74 Å². The summed E-state index contributed by atoms with van der Waals surface area (Å²) in [5, 5.41) is 19.1. The van der Waals surface area contributed by atoms with E-state index in [9.17, 15) is 5.11 Å². The Kier molecular flexibility index (Phi) is 6.29. The van der Waals surface area contributed by atoms with Crippen LogP contribution in [0.1, 0.15) is 12.5 Å². The molecule has 2 N–H and O–H groups in total. The van der Waals surface area contributed by atoms with Crippen LogP contribution >= 0.6 is 11.6 Å². The lowest BCUT2D eigenvalue weighted by Crippen LogP contribution is -2.23. The smallest absolute Gasteiger partial charge is 0.126 e. The number of halogens is 1. The summed E-state index contributed by atoms with van der Waals surface area (Å²) in [4.78, 5) is 0. The van der Waals surface area contributed by atoms with Crippen LogP contribution in [0.25, 0.3) is 0 Å². The first-order chi connectivity index (χ1) is 8.19. The molecule has 1 rings (SSSR count). The normalized spacial score (nSPS) is 12.5. The molecular weight excluding hydrogens is 244 g/mol. The van der Waals surface area contributed by atoms with Crippen molar-refractivity contribution >= 4 is 11.6 Å². The number of aliphatic hydroxyl groups excluding tert-OH is 2. The van der Waals surface area contributed by atoms with Crippen molar-refractivity contribution in [1.82, 2.24) is 0 Å². The van der Waals surface area contributed by atoms with Crippen molar-refractivity contribution in [2.24, 2.45) is 0 Å². The highest BCUT2D eigenvalue weighted by molar-refractivity contribution is 6.31. The van der Waals surface area contributed by atoms with Gasteiger partial charge in [-0.15, -0.1) is 0 Å². The highest BCUT2D eigenvalue weighted by atomic mass is 35.5. The SMILES string of the molecule is CCOCC(O)COc1cccc(Cl)c1CO. The van der Waals surface area contributed by atoms with E-state index in [4.69, 9.17) is 26.2 Å². The van der Waals surface area contributed by atoms with Crippen molar-refractivity contribution in [3.63, 3.8) is 0 Å². The van der Waals surface area contributed by atoms with E-state index >= 15 is 0 Å². The summed E-state index contributed by atoms with van der Waals surface area (Å²) >= 11 is 5.90. The Labute approximate surface area is 106 Å². The standard InChI is InChI=1S/C12H17ClO4/c1-2-16-7-9(15)8-17-12-5-3-4-11(13)10(12)6-14/h3-5,9,14-15H,2,6-8H2,1H3. The highest BCUT2D eigenvalue weighted by Gasteiger charge is 2.10. The van der Waals surface area contributed by atoms with Crippen LogP contribution in [-0.2, 0) is 11.3 Å². The zero-order chi connectivity index (χ0) is 12.7. The topological polar surface area (TPSA) is 58.9 Å². The zero-order valence-corrected chi connectivity index (χ0v) is 10.5. The van der Waals surface area contributed by atoms with Crippen molar-refractivity contribution < 1.29 is 19.7 Å². The molecule has 0 saturated heterocycles. The van der Waals surface area contributed by atoms with Crippen molar-refractivity contribution in [1.29, 1.82) is 0 Å². The molecule has 0 bridgehead atoms. The third-order valence-corrected chi connectivity index (χ3v) is 2.53. The summed E-state index contributed by atoms with van der Waals surface area (Å²) in [6.07, 6.45) is -0.694. The predicted octanol–water partition coefficient (Wildman–Crippen LogP) is 1.61. The molecule has 17 heavy (non-hydrogen) atoms. The molecule has 0 spiro atoms. The van der Waals surface area contributed by atoms with Gasteiger partial charge < -0.3 is 19.7 Å². The Hall–Kier alpha value is -0.810. The number of rotatable bonds is 7. The Bertz CT molecular complexity index is 343. The largest absolute Gasteiger partial charge is 0.490 e. The maximum absolute atomic E-state index is 9.53. The van der Waals surface area contributed by atoms with E-state index in [1.54, 1.807) is 18.2 Å². The Balaban J connectivity index is 2.54. The van der Waals surface area contributed by atoms with Gasteiger partial charge in [-0.05, 0) is 19.1 Å². The van der Waals surface area contributed by atoms with Crippen molar-refractivity contribution in [3.8, 4) is 5.75 Å². The Morgan fingerprint density at radius 2 is 2.12 bits per heavy atom. The second kappa shape index (κ2) is 7.50. The zero-order valence-electron chi connectivity index (χ0n) is 9.73. The van der Waals surface area contributed by atoms with Gasteiger partial charge in [0.2, 0.25) is 0 Å². The maximum atomic E-state index is 9.53. The van der Waals surface area contributed by atoms with Gasteiger partial charge in [0.25, 0.3) is 0 Å². The van der Waals surface area contributed by atoms with Gasteiger partial charge >= 0.3 is 0 Å². The fourth-order valence-electron chi connectivity index (χ4n) is 1.32. The van der Waals surface area contributed by atoms with Gasteiger partial charge in [-0.1, -0.05) is 17.7 Å². The molecule has 0 heterocycles. The molecule has 0 amide bonds. The monoisotopic (exact) mass is 260 g/mol. The van der Waals surface area contributed by atoms with Crippen LogP contribution in [0, 0.1) is 0 Å². The summed E-state index contributed by atoms with van der Waals surface area (Å²) in [6.45, 7) is 2.54. The van der Waals surface area contributed by atoms with Crippen LogP contribution in [0.15, 0.2) is 18.2 Å². The molecule has 0 radical (unpaired) electrons. The molecule has 0 aliphatic carbocycles. The lowest BCUT2D eigenvalue weighted by molar-refractivity contribution is 0.0160. The second-order valence-electron chi connectivity index (χ2n) is 3.50. The van der Waals surface area contributed by atoms with Crippen LogP contribution in [0.3, 0.4) is 0 Å². The van der Waals surface area contributed by atoms with Gasteiger partial charge in [-0.2, -0.15) is 0 Å². The molecule has 0 aliphatic rings. The second-order valence-corrected chi connectivity index (χ2v) is 3.91. The molecule has 1 unspecified atom stereocenters. The van der Waals surface area contributed by atoms with E-state index < -0.39 is 6.10 Å². The van der Waals surface area contributed by atoms with E-state index in [0.29, 0.717) is 22.9 Å². The first-order valence-corrected chi connectivity index (χ1v) is 5.83. The van der Waals surface area contributed by atoms with Crippen molar-refractivity contribution in [2.75, 3.05) is 19.8 Å². The molecule has 1 aromatic carbocycles. The molecule has 1 aromatic rings. The molecule has 4 nitrogen and oxygen atoms in total. The average molecular weight is 261 g/mol. The van der Waals surface area contributed by atoms with Crippen molar-refractivity contribution in [2.45, 2.75) is 19.6 Å². The lowest BCUT2D eigenvalue weighted by Gasteiger charge is -2.14. The first-order valence-electron chi connectivity index (χ1n) is 5.45. The van der Waals surface area contributed by atoms with Gasteiger partial charge in [0.15, 0.2) is 0 Å². The third kappa shape index (κ3) is 4.52. The molecule has 1 atom stereocenters. The first kappa shape index (κ1) is 14.3. The summed E-state index contributed by atoms with van der Waals surface area (Å²) in [6, 6.07) is 5.10. The quantitative estimate of drug-likeness (QED) is 0.782. The Morgan fingerprint density at radius 3 is 2.76 bits per heavy atom. The van der Waals surface area contributed by atoms with Crippen LogP contribution in [0.4, 0.5) is 0 Å². The molecule has 96 valence electrons. The number of ether oxygens (including phenoxy) is 2. The fourth-order valence-corrected chi connectivity index (χ4v) is 1.54. The van der Waals surface area contributed by atoms with E-state index in [2.05, 4.69) is 0 Å². The summed E-state index contributed by atoms with van der Waals surface area (Å²) in [7, 11) is 0. The molecule has 0 aromatic heterocycles. The third-order valence-electron chi connectivity index (χ3n) is 2.18. The number of benzene rings is 1. The maximum Gasteiger partial charge on any atom is 0.126 e. The molecule has 5 heteroatoms. The molecule has 0 aliphatic heterocycles. The molecular formula is C12H17ClO4. The highest BCUT2D eigenvalue weighted by Crippen LogP contribution is 2.26. The number of hydrogen-bond acceptors (Lipinski definition) is 4. The minimum Gasteiger partial charge on any atom is -0.490 e. The number of aliphatic hydroxyl groups is 2. The van der Waals surface area contributed by atoms with E-state index in [-0.39, 0.29) is 19.8 Å². The molecule has 0 fully saturated rings. The summed E-state index contributed by atoms with van der Waals surface area (Å²) in [5.41, 5.74) is 0.526. The van der Waals surface area contributed by atoms with Gasteiger partial charge in [0.1, 0.15) is 18.5 Å². The lowest BCUT2D eigenvalue weighted by atomic mass is 10.2. The number of hydrogen-bond donors (Lipinski definition) is 2. The van der Waals surface area contributed by atoms with Crippen LogP contribution in [0.2, 0.25) is 5.02 Å². The minimum absolute atomic E-state index is 0.105. The van der Waals surface area contributed by atoms with Gasteiger partial charge in [0, 0.05) is 17.2 Å². The molecule has 0 saturated carbocycles. The predicted molar refractivity (Wildman–Crippen MR) is 65.4 cm³/mol. The van der Waals surface area contributed by atoms with E-state index in [1.807, 2.05) is 6.92 Å². The fraction of sp³-hybridized carbons (Fsp3) is 0.500. The Morgan fingerprint density at radius 1 is 1.35 bits per heavy atom. The van der Waals surface area contributed by atoms with E-state index in [1.165, 1.54) is 0 Å². The summed E-state index contributed by atoms with van der Waals surface area (Å²) < 4.78 is 10.5. The van der Waals surface area contributed by atoms with Gasteiger partial charge in [0.05, 0.1) is 13.2 Å². The van der Waals surface area contributed by atoms with Crippen molar-refractivity contribution in [3.05, 3.63) is 28.8 Å². The van der Waals surface area contributed by atoms with Gasteiger partial charge in [-0.25, -0.2) is 0 Å². The minimum atomic E-state index is -0.694. The van der Waals surface area contributed by atoms with Crippen LogP contribution in [-0.4, -0.2) is 36.1 Å². The average Bonchev–Trinajstić information content (AvgIpc) is 2.33. The van der Waals surface area contributed by atoms with Crippen LogP contribution in [0.5, 0.6) is 5.75 Å².